The van der Waals surface area contributed by atoms with Crippen molar-refractivity contribution >= 4 is 11.9 Å². The zero-order valence-corrected chi connectivity index (χ0v) is 34.7. The van der Waals surface area contributed by atoms with Gasteiger partial charge in [-0.25, -0.2) is 9.59 Å². The van der Waals surface area contributed by atoms with Crippen LogP contribution in [0.1, 0.15) is 283 Å². The van der Waals surface area contributed by atoms with Crippen LogP contribution in [0.4, 0.5) is 0 Å². The highest BCUT2D eigenvalue weighted by Gasteiger charge is 2.22. The van der Waals surface area contributed by atoms with Crippen molar-refractivity contribution in [3.05, 3.63) is 11.6 Å². The molecule has 1 heterocycles. The number of rotatable bonds is 43. The fourth-order valence-electron chi connectivity index (χ4n) is 8.02. The summed E-state index contributed by atoms with van der Waals surface area (Å²) < 4.78 is 4.53. The van der Waals surface area contributed by atoms with Gasteiger partial charge in [-0.05, 0) is 12.8 Å². The van der Waals surface area contributed by atoms with Crippen LogP contribution in [0, 0.1) is 0 Å². The molecule has 3 nitrogen and oxygen atoms in total. The van der Waals surface area contributed by atoms with E-state index in [1.165, 1.54) is 263 Å². The second kappa shape index (κ2) is 40.1. The minimum Gasteiger partial charge on any atom is -0.386 e. The maximum absolute atomic E-state index is 11.4. The molecule has 0 N–H and O–H groups in total. The van der Waals surface area contributed by atoms with Crippen LogP contribution in [0.3, 0.4) is 0 Å². The Bertz CT molecular complexity index is 770. The normalized spacial score (nSPS) is 13.0. The predicted molar refractivity (Wildman–Crippen MR) is 223 cm³/mol. The van der Waals surface area contributed by atoms with Crippen LogP contribution in [0.15, 0.2) is 11.6 Å². The van der Waals surface area contributed by atoms with Crippen LogP contribution < -0.4 is 0 Å². The molecule has 0 aliphatic carbocycles. The molecule has 0 spiro atoms. The third-order valence-electron chi connectivity index (χ3n) is 11.5. The van der Waals surface area contributed by atoms with Gasteiger partial charge in [0.05, 0.1) is 0 Å². The van der Waals surface area contributed by atoms with E-state index in [0.29, 0.717) is 12.0 Å². The van der Waals surface area contributed by atoms with Gasteiger partial charge in [0, 0.05) is 11.6 Å². The Labute approximate surface area is 320 Å². The van der Waals surface area contributed by atoms with Gasteiger partial charge in [0.2, 0.25) is 0 Å². The summed E-state index contributed by atoms with van der Waals surface area (Å²) in [5.74, 6) is -0.931. The van der Waals surface area contributed by atoms with E-state index in [4.69, 9.17) is 0 Å². The maximum atomic E-state index is 11.4. The van der Waals surface area contributed by atoms with E-state index in [1.807, 2.05) is 0 Å². The highest BCUT2D eigenvalue weighted by molar-refractivity contribution is 6.08. The third kappa shape index (κ3) is 35.7. The number of ether oxygens (including phenoxy) is 1. The zero-order valence-electron chi connectivity index (χ0n) is 34.7. The summed E-state index contributed by atoms with van der Waals surface area (Å²) in [6, 6.07) is 0. The Morgan fingerprint density at radius 3 is 0.686 bits per heavy atom. The largest absolute Gasteiger partial charge is 0.386 e. The van der Waals surface area contributed by atoms with Gasteiger partial charge in [-0.3, -0.25) is 0 Å². The smallest absolute Gasteiger partial charge is 0.342 e. The summed E-state index contributed by atoms with van der Waals surface area (Å²) in [5, 5.41) is 0. The van der Waals surface area contributed by atoms with E-state index >= 15 is 0 Å². The fourth-order valence-corrected chi connectivity index (χ4v) is 8.02. The molecule has 3 heteroatoms. The molecule has 0 saturated heterocycles. The molecule has 0 radical (unpaired) electrons. The number of unbranched alkanes of at least 4 members (excludes halogenated alkanes) is 41. The Kier molecular flexibility index (Phi) is 37.6. The first-order valence-corrected chi connectivity index (χ1v) is 23.7. The quantitative estimate of drug-likeness (QED) is 0.0359. The minimum absolute atomic E-state index is 0.433. The third-order valence-corrected chi connectivity index (χ3v) is 11.5. The molecule has 0 fully saturated rings. The topological polar surface area (TPSA) is 43.4 Å². The van der Waals surface area contributed by atoms with E-state index in [0.717, 1.165) is 12.8 Å². The lowest BCUT2D eigenvalue weighted by Crippen LogP contribution is -2.01. The standard InChI is InChI=1S/C48H90O3/c1-2-3-4-5-6-7-8-9-10-11-12-13-14-15-16-17-18-19-20-21-22-23-24-25-26-27-28-29-30-31-32-33-34-35-36-37-38-39-40-41-42-43-44-46-45-47(49)51-48(46)50/h45H,2-44H2,1H3. The molecule has 0 atom stereocenters. The summed E-state index contributed by atoms with van der Waals surface area (Å²) in [6.45, 7) is 2.31. The van der Waals surface area contributed by atoms with Crippen LogP contribution in [-0.4, -0.2) is 11.9 Å². The molecule has 0 bridgehead atoms. The molecule has 0 aromatic rings. The molecule has 1 rings (SSSR count). The van der Waals surface area contributed by atoms with Gasteiger partial charge < -0.3 is 4.74 Å². The summed E-state index contributed by atoms with van der Waals surface area (Å²) in [5.41, 5.74) is 0.557. The van der Waals surface area contributed by atoms with E-state index in [1.54, 1.807) is 0 Å². The van der Waals surface area contributed by atoms with Gasteiger partial charge in [0.15, 0.2) is 0 Å². The average Bonchev–Trinajstić information content (AvgIpc) is 3.46. The van der Waals surface area contributed by atoms with Crippen LogP contribution in [0.25, 0.3) is 0 Å². The van der Waals surface area contributed by atoms with Crippen molar-refractivity contribution < 1.29 is 14.3 Å². The molecule has 1 aliphatic heterocycles. The monoisotopic (exact) mass is 715 g/mol. The van der Waals surface area contributed by atoms with Gasteiger partial charge in [-0.15, -0.1) is 0 Å². The van der Waals surface area contributed by atoms with Crippen LogP contribution in [0.5, 0.6) is 0 Å². The van der Waals surface area contributed by atoms with Crippen molar-refractivity contribution in [3.8, 4) is 0 Å². The molecular formula is C48H90O3. The highest BCUT2D eigenvalue weighted by Crippen LogP contribution is 2.19. The van der Waals surface area contributed by atoms with Crippen molar-refractivity contribution in [2.75, 3.05) is 0 Å². The van der Waals surface area contributed by atoms with E-state index < -0.39 is 11.9 Å². The van der Waals surface area contributed by atoms with E-state index in [2.05, 4.69) is 11.7 Å². The molecule has 300 valence electrons. The number of carbonyl (C=O) groups is 2. The highest BCUT2D eigenvalue weighted by atomic mass is 16.6. The van der Waals surface area contributed by atoms with Crippen molar-refractivity contribution in [2.45, 2.75) is 283 Å². The Morgan fingerprint density at radius 1 is 0.314 bits per heavy atom. The number of carbonyl (C=O) groups excluding carboxylic acids is 2. The second-order valence-electron chi connectivity index (χ2n) is 16.6. The number of hydrogen-bond acceptors (Lipinski definition) is 3. The molecule has 0 unspecified atom stereocenters. The molecule has 1 aliphatic rings. The number of cyclic esters (lactones) is 2. The molecule has 0 aromatic carbocycles. The summed E-state index contributed by atoms with van der Waals surface area (Å²) in [6.07, 6.45) is 62.1. The van der Waals surface area contributed by atoms with Crippen molar-refractivity contribution in [1.82, 2.24) is 0 Å². The van der Waals surface area contributed by atoms with Gasteiger partial charge in [0.1, 0.15) is 0 Å². The fraction of sp³-hybridized carbons (Fsp3) is 0.917. The van der Waals surface area contributed by atoms with Gasteiger partial charge >= 0.3 is 11.9 Å². The van der Waals surface area contributed by atoms with Crippen molar-refractivity contribution in [2.24, 2.45) is 0 Å². The Hall–Kier alpha value is -1.12. The van der Waals surface area contributed by atoms with Crippen LogP contribution >= 0.6 is 0 Å². The first-order chi connectivity index (χ1) is 25.2. The van der Waals surface area contributed by atoms with Gasteiger partial charge in [0.25, 0.3) is 0 Å². The van der Waals surface area contributed by atoms with E-state index in [-0.39, 0.29) is 0 Å². The number of hydrogen-bond donors (Lipinski definition) is 0. The van der Waals surface area contributed by atoms with Gasteiger partial charge in [-0.1, -0.05) is 270 Å². The Balaban J connectivity index is 1.61. The first-order valence-electron chi connectivity index (χ1n) is 23.7. The summed E-state index contributed by atoms with van der Waals surface area (Å²) >= 11 is 0. The second-order valence-corrected chi connectivity index (χ2v) is 16.6. The zero-order chi connectivity index (χ0) is 36.6. The average molecular weight is 715 g/mol. The SMILES string of the molecule is CCCCCCCCCCCCCCCCCCCCCCCCCCCCCCCCCCCCCCCCCCCCC1=CC(=O)OC1=O. The van der Waals surface area contributed by atoms with Gasteiger partial charge in [-0.2, -0.15) is 0 Å². The van der Waals surface area contributed by atoms with E-state index in [9.17, 15) is 9.59 Å². The van der Waals surface area contributed by atoms with Crippen molar-refractivity contribution in [3.63, 3.8) is 0 Å². The first kappa shape index (κ1) is 47.9. The minimum atomic E-state index is -0.498. The summed E-state index contributed by atoms with van der Waals surface area (Å²) in [7, 11) is 0. The number of esters is 2. The Morgan fingerprint density at radius 2 is 0.510 bits per heavy atom. The molecule has 0 amide bonds. The lowest BCUT2D eigenvalue weighted by molar-refractivity contribution is -0.150. The molecular weight excluding hydrogens is 625 g/mol. The van der Waals surface area contributed by atoms with Crippen LogP contribution in [0.2, 0.25) is 0 Å². The van der Waals surface area contributed by atoms with Crippen LogP contribution in [-0.2, 0) is 14.3 Å². The lowest BCUT2D eigenvalue weighted by Gasteiger charge is -2.05. The maximum Gasteiger partial charge on any atom is 0.342 e. The summed E-state index contributed by atoms with van der Waals surface area (Å²) in [4.78, 5) is 22.5. The molecule has 0 saturated carbocycles. The lowest BCUT2D eigenvalue weighted by atomic mass is 10.0. The molecule has 51 heavy (non-hydrogen) atoms. The predicted octanol–water partition coefficient (Wildman–Crippen LogP) is 16.8. The van der Waals surface area contributed by atoms with Crippen molar-refractivity contribution in [1.29, 1.82) is 0 Å². The molecule has 0 aromatic heterocycles.